The van der Waals surface area contributed by atoms with E-state index in [1.54, 1.807) is 19.1 Å². The van der Waals surface area contributed by atoms with Crippen molar-refractivity contribution >= 4 is 16.9 Å². The first-order valence-electron chi connectivity index (χ1n) is 4.64. The summed E-state index contributed by atoms with van der Waals surface area (Å²) in [6.45, 7) is 2.07. The van der Waals surface area contributed by atoms with E-state index in [0.717, 1.165) is 0 Å². The smallest absolute Gasteiger partial charge is 0.359 e. The van der Waals surface area contributed by atoms with Crippen molar-refractivity contribution in [2.75, 3.05) is 12.4 Å². The Hall–Kier alpha value is -2.04. The quantitative estimate of drug-likeness (QED) is 0.584. The number of carbonyl (C=O) groups is 1. The number of nitrogen functional groups attached to an aromatic ring is 1. The number of esters is 1. The standard InChI is InChI=1S/C10H11N3O2/c1-2-15-10(14)9-7-5-3-4-6-8(7)13(11)12-9/h3-6H,2,11H2,1H3. The maximum absolute atomic E-state index is 11.5. The summed E-state index contributed by atoms with van der Waals surface area (Å²) in [6, 6.07) is 7.25. The molecule has 0 bridgehead atoms. The second kappa shape index (κ2) is 3.61. The van der Waals surface area contributed by atoms with Crippen LogP contribution in [0.4, 0.5) is 0 Å². The Morgan fingerprint density at radius 3 is 3.00 bits per heavy atom. The predicted molar refractivity (Wildman–Crippen MR) is 55.8 cm³/mol. The van der Waals surface area contributed by atoms with Crippen LogP contribution in [0.2, 0.25) is 0 Å². The second-order valence-corrected chi connectivity index (χ2v) is 3.03. The first-order chi connectivity index (χ1) is 7.24. The van der Waals surface area contributed by atoms with Gasteiger partial charge in [0, 0.05) is 5.39 Å². The van der Waals surface area contributed by atoms with Crippen LogP contribution in [0.5, 0.6) is 0 Å². The van der Waals surface area contributed by atoms with Gasteiger partial charge < -0.3 is 10.6 Å². The lowest BCUT2D eigenvalue weighted by molar-refractivity contribution is 0.0521. The molecule has 0 fully saturated rings. The minimum Gasteiger partial charge on any atom is -0.461 e. The zero-order chi connectivity index (χ0) is 10.8. The summed E-state index contributed by atoms with van der Waals surface area (Å²) in [5.74, 6) is 5.16. The molecule has 1 aromatic carbocycles. The van der Waals surface area contributed by atoms with E-state index >= 15 is 0 Å². The highest BCUT2D eigenvalue weighted by Gasteiger charge is 2.16. The van der Waals surface area contributed by atoms with Gasteiger partial charge in [-0.2, -0.15) is 4.79 Å². The van der Waals surface area contributed by atoms with E-state index in [0.29, 0.717) is 17.5 Å². The Labute approximate surface area is 86.4 Å². The van der Waals surface area contributed by atoms with Gasteiger partial charge in [0.1, 0.15) is 0 Å². The van der Waals surface area contributed by atoms with Crippen LogP contribution in [0.3, 0.4) is 0 Å². The zero-order valence-corrected chi connectivity index (χ0v) is 8.30. The Balaban J connectivity index is 2.57. The molecule has 0 aliphatic rings. The van der Waals surface area contributed by atoms with Crippen molar-refractivity contribution in [2.45, 2.75) is 6.92 Å². The van der Waals surface area contributed by atoms with Gasteiger partial charge in [0.05, 0.1) is 12.1 Å². The number of nitrogens with zero attached hydrogens (tertiary/aromatic N) is 2. The van der Waals surface area contributed by atoms with E-state index in [1.807, 2.05) is 12.1 Å². The van der Waals surface area contributed by atoms with Crippen molar-refractivity contribution in [1.29, 1.82) is 0 Å². The summed E-state index contributed by atoms with van der Waals surface area (Å²) in [5, 5.41) is 4.64. The lowest BCUT2D eigenvalue weighted by Crippen LogP contribution is -2.12. The monoisotopic (exact) mass is 205 g/mol. The molecular formula is C10H11N3O2. The molecule has 0 spiro atoms. The van der Waals surface area contributed by atoms with Gasteiger partial charge in [-0.25, -0.2) is 4.79 Å². The van der Waals surface area contributed by atoms with E-state index in [-0.39, 0.29) is 5.69 Å². The number of ether oxygens (including phenoxy) is 1. The maximum Gasteiger partial charge on any atom is 0.359 e. The Morgan fingerprint density at radius 2 is 2.27 bits per heavy atom. The number of hydrogen-bond acceptors (Lipinski definition) is 4. The van der Waals surface area contributed by atoms with Crippen molar-refractivity contribution in [3.05, 3.63) is 30.0 Å². The lowest BCUT2D eigenvalue weighted by atomic mass is 10.2. The van der Waals surface area contributed by atoms with Crippen LogP contribution in [0.15, 0.2) is 24.3 Å². The fraction of sp³-hybridized carbons (Fsp3) is 0.200. The molecule has 5 nitrogen and oxygen atoms in total. The van der Waals surface area contributed by atoms with Crippen LogP contribution in [0.1, 0.15) is 17.4 Å². The molecule has 78 valence electrons. The summed E-state index contributed by atoms with van der Waals surface area (Å²) in [6.07, 6.45) is 0. The Kier molecular flexibility index (Phi) is 2.29. The van der Waals surface area contributed by atoms with E-state index in [1.165, 1.54) is 4.79 Å². The molecule has 2 N–H and O–H groups in total. The highest BCUT2D eigenvalue weighted by Crippen LogP contribution is 2.17. The zero-order valence-electron chi connectivity index (χ0n) is 8.30. The van der Waals surface area contributed by atoms with Crippen LogP contribution < -0.4 is 5.84 Å². The van der Waals surface area contributed by atoms with E-state index in [4.69, 9.17) is 10.6 Å². The third-order valence-electron chi connectivity index (χ3n) is 2.08. The summed E-state index contributed by atoms with van der Waals surface area (Å²) in [5.41, 5.74) is 0.968. The molecule has 0 saturated heterocycles. The molecular weight excluding hydrogens is 194 g/mol. The van der Waals surface area contributed by atoms with Crippen LogP contribution in [0.25, 0.3) is 10.9 Å². The van der Waals surface area contributed by atoms with Crippen LogP contribution in [0, 0.1) is 0 Å². The third kappa shape index (κ3) is 1.52. The number of benzene rings is 1. The van der Waals surface area contributed by atoms with E-state index in [2.05, 4.69) is 5.10 Å². The van der Waals surface area contributed by atoms with E-state index < -0.39 is 5.97 Å². The molecule has 0 amide bonds. The fourth-order valence-corrected chi connectivity index (χ4v) is 1.44. The average Bonchev–Trinajstić information content (AvgIpc) is 2.58. The number of carbonyl (C=O) groups excluding carboxylic acids is 1. The van der Waals surface area contributed by atoms with Crippen molar-refractivity contribution in [1.82, 2.24) is 9.89 Å². The summed E-state index contributed by atoms with van der Waals surface area (Å²) in [4.78, 5) is 12.7. The molecule has 0 aliphatic heterocycles. The highest BCUT2D eigenvalue weighted by molar-refractivity contribution is 6.02. The molecule has 0 aliphatic carbocycles. The van der Waals surface area contributed by atoms with Gasteiger partial charge in [0.25, 0.3) is 0 Å². The fourth-order valence-electron chi connectivity index (χ4n) is 1.44. The molecule has 2 rings (SSSR count). The number of fused-ring (bicyclic) bond motifs is 1. The molecule has 5 heteroatoms. The first-order valence-corrected chi connectivity index (χ1v) is 4.64. The molecule has 1 heterocycles. The SMILES string of the molecule is CCOC(=O)c1nn(N)c2ccccc12. The van der Waals surface area contributed by atoms with Gasteiger partial charge in [-0.1, -0.05) is 18.2 Å². The topological polar surface area (TPSA) is 70.1 Å². The maximum atomic E-state index is 11.5. The van der Waals surface area contributed by atoms with Gasteiger partial charge in [0.2, 0.25) is 0 Å². The average molecular weight is 205 g/mol. The Morgan fingerprint density at radius 1 is 1.53 bits per heavy atom. The van der Waals surface area contributed by atoms with Gasteiger partial charge in [-0.05, 0) is 13.0 Å². The molecule has 1 aromatic heterocycles. The minimum atomic E-state index is -0.446. The van der Waals surface area contributed by atoms with Gasteiger partial charge in [0.15, 0.2) is 5.69 Å². The summed E-state index contributed by atoms with van der Waals surface area (Å²) in [7, 11) is 0. The van der Waals surface area contributed by atoms with Crippen LogP contribution >= 0.6 is 0 Å². The number of rotatable bonds is 2. The number of para-hydroxylation sites is 1. The molecule has 0 radical (unpaired) electrons. The van der Waals surface area contributed by atoms with Crippen molar-refractivity contribution < 1.29 is 9.53 Å². The van der Waals surface area contributed by atoms with Crippen LogP contribution in [-0.4, -0.2) is 22.5 Å². The molecule has 15 heavy (non-hydrogen) atoms. The molecule has 0 atom stereocenters. The minimum absolute atomic E-state index is 0.259. The lowest BCUT2D eigenvalue weighted by Gasteiger charge is -1.97. The molecule has 0 unspecified atom stereocenters. The van der Waals surface area contributed by atoms with Gasteiger partial charge in [-0.3, -0.25) is 0 Å². The highest BCUT2D eigenvalue weighted by atomic mass is 16.5. The van der Waals surface area contributed by atoms with Gasteiger partial charge in [-0.15, -0.1) is 5.10 Å². The van der Waals surface area contributed by atoms with Gasteiger partial charge >= 0.3 is 5.97 Å². The normalized spacial score (nSPS) is 10.5. The summed E-state index contributed by atoms with van der Waals surface area (Å²) < 4.78 is 4.88. The van der Waals surface area contributed by atoms with Crippen LogP contribution in [-0.2, 0) is 4.74 Å². The first kappa shape index (κ1) is 9.51. The molecule has 2 aromatic rings. The number of hydrogen-bond donors (Lipinski definition) is 1. The Bertz CT molecular complexity index is 504. The second-order valence-electron chi connectivity index (χ2n) is 3.03. The number of nitrogens with two attached hydrogens (primary N) is 1. The summed E-state index contributed by atoms with van der Waals surface area (Å²) >= 11 is 0. The van der Waals surface area contributed by atoms with Crippen molar-refractivity contribution in [2.24, 2.45) is 0 Å². The van der Waals surface area contributed by atoms with Crippen molar-refractivity contribution in [3.8, 4) is 0 Å². The third-order valence-corrected chi connectivity index (χ3v) is 2.08. The van der Waals surface area contributed by atoms with E-state index in [9.17, 15) is 4.79 Å². The van der Waals surface area contributed by atoms with Crippen molar-refractivity contribution in [3.63, 3.8) is 0 Å². The number of aromatic nitrogens is 2. The predicted octanol–water partition coefficient (Wildman–Crippen LogP) is 0.927. The molecule has 0 saturated carbocycles. The largest absolute Gasteiger partial charge is 0.461 e.